The van der Waals surface area contributed by atoms with E-state index in [2.05, 4.69) is 26.5 Å². The fourth-order valence-corrected chi connectivity index (χ4v) is 3.85. The lowest BCUT2D eigenvalue weighted by atomic mass is 10.1. The van der Waals surface area contributed by atoms with E-state index in [9.17, 15) is 4.79 Å². The molecule has 0 atom stereocenters. The number of benzene rings is 2. The van der Waals surface area contributed by atoms with E-state index >= 15 is 0 Å². The van der Waals surface area contributed by atoms with Crippen LogP contribution in [0.25, 0.3) is 11.3 Å². The average Bonchev–Trinajstić information content (AvgIpc) is 3.11. The highest BCUT2D eigenvalue weighted by Crippen LogP contribution is 2.32. The second-order valence-electron chi connectivity index (χ2n) is 6.30. The molecule has 1 N–H and O–H groups in total. The Bertz CT molecular complexity index is 1060. The second kappa shape index (κ2) is 9.48. The van der Waals surface area contributed by atoms with Crippen LogP contribution < -0.4 is 10.2 Å². The summed E-state index contributed by atoms with van der Waals surface area (Å²) in [5.74, 6) is 1.24. The molecule has 0 saturated heterocycles. The molecule has 150 valence electrons. The predicted molar refractivity (Wildman–Crippen MR) is 119 cm³/mol. The molecule has 0 fully saturated rings. The first-order valence-corrected chi connectivity index (χ1v) is 10.1. The Kier molecular flexibility index (Phi) is 7.00. The van der Waals surface area contributed by atoms with Crippen molar-refractivity contribution in [1.82, 2.24) is 5.43 Å². The maximum Gasteiger partial charge on any atom is 0.277 e. The molecule has 2 aromatic carbocycles. The van der Waals surface area contributed by atoms with Crippen molar-refractivity contribution < 1.29 is 13.9 Å². The summed E-state index contributed by atoms with van der Waals surface area (Å²) in [5, 5.41) is 4.97. The van der Waals surface area contributed by atoms with Crippen LogP contribution in [0.15, 0.2) is 56.5 Å². The number of carbonyl (C=O) groups is 1. The van der Waals surface area contributed by atoms with Gasteiger partial charge in [0.15, 0.2) is 6.61 Å². The molecule has 1 aromatic heterocycles. The smallest absolute Gasteiger partial charge is 0.277 e. The predicted octanol–water partition coefficient (Wildman–Crippen LogP) is 6.16. The number of carbonyl (C=O) groups excluding carboxylic acids is 1. The fourth-order valence-electron chi connectivity index (χ4n) is 2.68. The molecular formula is C21H17BrCl2N2O3. The van der Waals surface area contributed by atoms with Gasteiger partial charge in [-0.05, 0) is 77.3 Å². The van der Waals surface area contributed by atoms with Gasteiger partial charge in [0.2, 0.25) is 0 Å². The number of amides is 1. The zero-order valence-electron chi connectivity index (χ0n) is 15.6. The van der Waals surface area contributed by atoms with Crippen LogP contribution in [0.5, 0.6) is 5.75 Å². The van der Waals surface area contributed by atoms with Crippen LogP contribution in [-0.2, 0) is 4.79 Å². The largest absolute Gasteiger partial charge is 0.482 e. The first kappa shape index (κ1) is 21.4. The normalized spacial score (nSPS) is 11.1. The Hall–Kier alpha value is -2.28. The summed E-state index contributed by atoms with van der Waals surface area (Å²) < 4.78 is 12.1. The van der Waals surface area contributed by atoms with Gasteiger partial charge in [-0.15, -0.1) is 0 Å². The van der Waals surface area contributed by atoms with E-state index in [0.29, 0.717) is 32.9 Å². The number of rotatable bonds is 6. The SMILES string of the molecule is Cc1cc(C)c(OCC(=O)N/N=C/c2ccc(-c3cc(Cl)ccc3Cl)o2)c(Br)c1. The minimum atomic E-state index is -0.391. The van der Waals surface area contributed by atoms with E-state index in [1.807, 2.05) is 26.0 Å². The van der Waals surface area contributed by atoms with Gasteiger partial charge in [-0.25, -0.2) is 5.43 Å². The number of ether oxygens (including phenoxy) is 1. The van der Waals surface area contributed by atoms with E-state index in [1.165, 1.54) is 6.21 Å². The summed E-state index contributed by atoms with van der Waals surface area (Å²) in [6, 6.07) is 12.5. The molecule has 0 bridgehead atoms. The van der Waals surface area contributed by atoms with Crippen molar-refractivity contribution in [2.45, 2.75) is 13.8 Å². The molecule has 8 heteroatoms. The lowest BCUT2D eigenvalue weighted by Gasteiger charge is -2.11. The van der Waals surface area contributed by atoms with E-state index in [1.54, 1.807) is 30.3 Å². The van der Waals surface area contributed by atoms with Crippen molar-refractivity contribution in [3.8, 4) is 17.1 Å². The van der Waals surface area contributed by atoms with Crippen LogP contribution in [-0.4, -0.2) is 18.7 Å². The first-order valence-electron chi connectivity index (χ1n) is 8.60. The third kappa shape index (κ3) is 5.63. The molecule has 1 heterocycles. The second-order valence-corrected chi connectivity index (χ2v) is 8.00. The van der Waals surface area contributed by atoms with Gasteiger partial charge in [0.05, 0.1) is 15.7 Å². The van der Waals surface area contributed by atoms with Crippen LogP contribution in [0.2, 0.25) is 10.0 Å². The molecule has 0 unspecified atom stereocenters. The van der Waals surface area contributed by atoms with Gasteiger partial charge in [0, 0.05) is 10.6 Å². The summed E-state index contributed by atoms with van der Waals surface area (Å²) in [7, 11) is 0. The number of aryl methyl sites for hydroxylation is 2. The Labute approximate surface area is 186 Å². The van der Waals surface area contributed by atoms with Gasteiger partial charge in [0.25, 0.3) is 5.91 Å². The topological polar surface area (TPSA) is 63.8 Å². The van der Waals surface area contributed by atoms with Crippen molar-refractivity contribution in [3.63, 3.8) is 0 Å². The van der Waals surface area contributed by atoms with Crippen molar-refractivity contribution in [1.29, 1.82) is 0 Å². The molecule has 0 saturated carbocycles. The van der Waals surface area contributed by atoms with Gasteiger partial charge < -0.3 is 9.15 Å². The highest BCUT2D eigenvalue weighted by Gasteiger charge is 2.10. The first-order chi connectivity index (χ1) is 13.8. The number of nitrogens with one attached hydrogen (secondary N) is 1. The maximum absolute atomic E-state index is 12.0. The molecular weight excluding hydrogens is 479 g/mol. The van der Waals surface area contributed by atoms with Gasteiger partial charge in [-0.2, -0.15) is 5.10 Å². The van der Waals surface area contributed by atoms with Crippen molar-refractivity contribution >= 4 is 51.3 Å². The Morgan fingerprint density at radius 3 is 2.76 bits per heavy atom. The fraction of sp³-hybridized carbons (Fsp3) is 0.143. The third-order valence-electron chi connectivity index (χ3n) is 3.92. The van der Waals surface area contributed by atoms with Gasteiger partial charge in [0.1, 0.15) is 17.3 Å². The van der Waals surface area contributed by atoms with Crippen LogP contribution in [0.3, 0.4) is 0 Å². The molecule has 3 rings (SSSR count). The Morgan fingerprint density at radius 1 is 1.21 bits per heavy atom. The van der Waals surface area contributed by atoms with Gasteiger partial charge >= 0.3 is 0 Å². The highest BCUT2D eigenvalue weighted by atomic mass is 79.9. The number of furan rings is 1. The molecule has 0 aliphatic rings. The zero-order chi connectivity index (χ0) is 21.0. The Balaban J connectivity index is 1.57. The van der Waals surface area contributed by atoms with E-state index in [0.717, 1.165) is 15.6 Å². The van der Waals surface area contributed by atoms with Crippen LogP contribution >= 0.6 is 39.1 Å². The summed E-state index contributed by atoms with van der Waals surface area (Å²) in [6.07, 6.45) is 1.40. The quantitative estimate of drug-likeness (QED) is 0.329. The molecule has 1 amide bonds. The third-order valence-corrected chi connectivity index (χ3v) is 5.08. The number of halogens is 3. The number of nitrogens with zero attached hydrogens (tertiary/aromatic N) is 1. The van der Waals surface area contributed by atoms with E-state index < -0.39 is 5.91 Å². The lowest BCUT2D eigenvalue weighted by molar-refractivity contribution is -0.123. The molecule has 0 aliphatic heterocycles. The molecule has 0 spiro atoms. The highest BCUT2D eigenvalue weighted by molar-refractivity contribution is 9.10. The van der Waals surface area contributed by atoms with Crippen LogP contribution in [0, 0.1) is 13.8 Å². The minimum Gasteiger partial charge on any atom is -0.482 e. The van der Waals surface area contributed by atoms with Crippen LogP contribution in [0.4, 0.5) is 0 Å². The van der Waals surface area contributed by atoms with Crippen molar-refractivity contribution in [3.05, 3.63) is 73.9 Å². The van der Waals surface area contributed by atoms with Crippen LogP contribution in [0.1, 0.15) is 16.9 Å². The monoisotopic (exact) mass is 494 g/mol. The molecule has 0 aliphatic carbocycles. The average molecular weight is 496 g/mol. The van der Waals surface area contributed by atoms with Crippen molar-refractivity contribution in [2.24, 2.45) is 5.10 Å². The van der Waals surface area contributed by atoms with Gasteiger partial charge in [-0.3, -0.25) is 4.79 Å². The molecule has 0 radical (unpaired) electrons. The standard InChI is InChI=1S/C21H17BrCl2N2O3/c1-12-7-13(2)21(17(22)8-12)28-11-20(27)26-25-10-15-4-6-19(29-15)16-9-14(23)3-5-18(16)24/h3-10H,11H2,1-2H3,(H,26,27)/b25-10+. The molecule has 29 heavy (non-hydrogen) atoms. The minimum absolute atomic E-state index is 0.165. The summed E-state index contributed by atoms with van der Waals surface area (Å²) >= 11 is 15.6. The maximum atomic E-state index is 12.0. The molecule has 5 nitrogen and oxygen atoms in total. The van der Waals surface area contributed by atoms with E-state index in [-0.39, 0.29) is 6.61 Å². The van der Waals surface area contributed by atoms with Crippen molar-refractivity contribution in [2.75, 3.05) is 6.61 Å². The lowest BCUT2D eigenvalue weighted by Crippen LogP contribution is -2.24. The Morgan fingerprint density at radius 2 is 2.00 bits per heavy atom. The van der Waals surface area contributed by atoms with E-state index in [4.69, 9.17) is 32.4 Å². The number of hydrogen-bond donors (Lipinski definition) is 1. The number of hydrazone groups is 1. The van der Waals surface area contributed by atoms with Gasteiger partial charge in [-0.1, -0.05) is 29.3 Å². The summed E-state index contributed by atoms with van der Waals surface area (Å²) in [4.78, 5) is 12.0. The summed E-state index contributed by atoms with van der Waals surface area (Å²) in [5.41, 5.74) is 5.13. The summed E-state index contributed by atoms with van der Waals surface area (Å²) in [6.45, 7) is 3.74. The number of hydrogen-bond acceptors (Lipinski definition) is 4. The zero-order valence-corrected chi connectivity index (χ0v) is 18.7. The molecule has 3 aromatic rings.